The van der Waals surface area contributed by atoms with E-state index in [-0.39, 0.29) is 5.48 Å². The minimum absolute atomic E-state index is 0. The highest BCUT2D eigenvalue weighted by Gasteiger charge is 1.77. The van der Waals surface area contributed by atoms with E-state index in [2.05, 4.69) is 55.4 Å². The summed E-state index contributed by atoms with van der Waals surface area (Å²) in [6, 6.07) is 0. The Hall–Kier alpha value is -0.0400. The lowest BCUT2D eigenvalue weighted by atomic mass is 10.2. The van der Waals surface area contributed by atoms with Crippen LogP contribution in [0.2, 0.25) is 0 Å². The molecule has 0 saturated carbocycles. The van der Waals surface area contributed by atoms with Gasteiger partial charge in [0.2, 0.25) is 0 Å². The fraction of sp³-hybridized carbons (Fsp3) is 1.00. The lowest BCUT2D eigenvalue weighted by Gasteiger charge is -1.86. The van der Waals surface area contributed by atoms with Gasteiger partial charge >= 0.3 is 0 Å². The van der Waals surface area contributed by atoms with Crippen LogP contribution in [0.15, 0.2) is 0 Å². The second kappa shape index (κ2) is 49.6. The summed E-state index contributed by atoms with van der Waals surface area (Å²) >= 11 is 0. The summed E-state index contributed by atoms with van der Waals surface area (Å²) in [5.41, 5.74) is 0. The van der Waals surface area contributed by atoms with Crippen molar-refractivity contribution in [3.05, 3.63) is 0 Å². The van der Waals surface area contributed by atoms with E-state index in [0.29, 0.717) is 0 Å². The summed E-state index contributed by atoms with van der Waals surface area (Å²) in [5, 5.41) is 0. The lowest BCUT2D eigenvalue weighted by molar-refractivity contribution is 0.702. The summed E-state index contributed by atoms with van der Waals surface area (Å²) < 4.78 is 0. The van der Waals surface area contributed by atoms with Gasteiger partial charge in [-0.15, -0.1) is 0 Å². The van der Waals surface area contributed by atoms with Gasteiger partial charge in [-0.05, 0) is 0 Å². The van der Waals surface area contributed by atoms with Gasteiger partial charge in [-0.25, -0.2) is 0 Å². The smallest absolute Gasteiger partial charge is 0.0536 e. The van der Waals surface area contributed by atoms with Gasteiger partial charge < -0.3 is 5.48 Å². The van der Waals surface area contributed by atoms with Gasteiger partial charge in [0.1, 0.15) is 0 Å². The summed E-state index contributed by atoms with van der Waals surface area (Å²) in [6.45, 7) is 17.9. The molecule has 0 spiro atoms. The van der Waals surface area contributed by atoms with Crippen molar-refractivity contribution in [3.8, 4) is 0 Å². The molecule has 0 saturated heterocycles. The largest absolute Gasteiger partial charge is 0.412 e. The first-order valence-electron chi connectivity index (χ1n) is 11.7. The average molecular weight is 363 g/mol. The van der Waals surface area contributed by atoms with Gasteiger partial charge in [0.25, 0.3) is 0 Å². The van der Waals surface area contributed by atoms with Crippen molar-refractivity contribution in [3.63, 3.8) is 0 Å². The number of rotatable bonds is 12. The third-order valence-electron chi connectivity index (χ3n) is 3.83. The molecule has 0 bridgehead atoms. The molecule has 0 aliphatic heterocycles. The molecule has 1 nitrogen and oxygen atoms in total. The quantitative estimate of drug-likeness (QED) is 0.309. The summed E-state index contributed by atoms with van der Waals surface area (Å²) in [7, 11) is 0. The molecule has 0 aliphatic carbocycles. The van der Waals surface area contributed by atoms with E-state index in [1.807, 2.05) is 0 Å². The molecule has 0 radical (unpaired) electrons. The molecule has 0 fully saturated rings. The first kappa shape index (κ1) is 36.0. The van der Waals surface area contributed by atoms with E-state index >= 15 is 0 Å². The van der Waals surface area contributed by atoms with Crippen molar-refractivity contribution < 1.29 is 5.48 Å². The van der Waals surface area contributed by atoms with Gasteiger partial charge in [-0.3, -0.25) is 0 Å². The van der Waals surface area contributed by atoms with Gasteiger partial charge in [-0.2, -0.15) is 0 Å². The van der Waals surface area contributed by atoms with E-state index in [4.69, 9.17) is 0 Å². The summed E-state index contributed by atoms with van der Waals surface area (Å²) in [5.74, 6) is 0. The molecule has 0 aromatic rings. The molecule has 0 atom stereocenters. The highest BCUT2D eigenvalue weighted by Crippen LogP contribution is 1.97. The van der Waals surface area contributed by atoms with Crippen molar-refractivity contribution in [2.75, 3.05) is 0 Å². The van der Waals surface area contributed by atoms with E-state index in [1.165, 1.54) is 103 Å². The minimum Gasteiger partial charge on any atom is -0.412 e. The molecule has 0 aliphatic rings. The maximum Gasteiger partial charge on any atom is -0.0536 e. The molecule has 25 heavy (non-hydrogen) atoms. The highest BCUT2D eigenvalue weighted by molar-refractivity contribution is 4.32. The van der Waals surface area contributed by atoms with E-state index in [9.17, 15) is 0 Å². The van der Waals surface area contributed by atoms with Crippen molar-refractivity contribution >= 4 is 0 Å². The Bertz CT molecular complexity index is 86.1. The molecule has 0 aromatic carbocycles. The van der Waals surface area contributed by atoms with Crippen molar-refractivity contribution in [2.45, 2.75) is 158 Å². The molecule has 0 heterocycles. The molecule has 0 aromatic heterocycles. The van der Waals surface area contributed by atoms with Crippen LogP contribution in [-0.2, 0) is 0 Å². The van der Waals surface area contributed by atoms with E-state index in [1.54, 1.807) is 0 Å². The first-order valence-corrected chi connectivity index (χ1v) is 11.7. The monoisotopic (exact) mass is 362 g/mol. The molecule has 0 unspecified atom stereocenters. The second-order valence-electron chi connectivity index (χ2n) is 6.83. The summed E-state index contributed by atoms with van der Waals surface area (Å²) in [6.07, 6.45) is 22.1. The van der Waals surface area contributed by atoms with E-state index < -0.39 is 0 Å². The Balaban J connectivity index is -0.0000000702. The standard InChI is InChI=1S/4C6H14.H2O/c4*1-3-5-6-4-2;/h4*3-6H2,1-2H3;1H2. The zero-order valence-corrected chi connectivity index (χ0v) is 19.8. The Morgan fingerprint density at radius 2 is 0.320 bits per heavy atom. The fourth-order valence-electron chi connectivity index (χ4n) is 2.00. The molecular weight excluding hydrogens is 304 g/mol. The molecule has 1 heteroatoms. The molecule has 0 rings (SSSR count). The van der Waals surface area contributed by atoms with Crippen LogP contribution in [0, 0.1) is 0 Å². The zero-order chi connectivity index (χ0) is 19.3. The molecule has 2 N–H and O–H groups in total. The first-order chi connectivity index (χ1) is 11.7. The lowest BCUT2D eigenvalue weighted by Crippen LogP contribution is -1.66. The molecule has 160 valence electrons. The van der Waals surface area contributed by atoms with Crippen molar-refractivity contribution in [2.24, 2.45) is 0 Å². The van der Waals surface area contributed by atoms with Crippen LogP contribution in [0.5, 0.6) is 0 Å². The van der Waals surface area contributed by atoms with Crippen LogP contribution in [-0.4, -0.2) is 5.48 Å². The van der Waals surface area contributed by atoms with Gasteiger partial charge in [0.05, 0.1) is 0 Å². The number of hydrogen-bond donors (Lipinski definition) is 0. The Labute approximate surface area is 164 Å². The molecular formula is C24H58O. The zero-order valence-electron chi connectivity index (χ0n) is 19.8. The third-order valence-corrected chi connectivity index (χ3v) is 3.83. The Kier molecular flexibility index (Phi) is 71.3. The van der Waals surface area contributed by atoms with Crippen molar-refractivity contribution in [1.82, 2.24) is 0 Å². The average Bonchev–Trinajstić information content (AvgIpc) is 2.62. The highest BCUT2D eigenvalue weighted by atomic mass is 16.0. The maximum atomic E-state index is 2.23. The topological polar surface area (TPSA) is 31.5 Å². The fourth-order valence-corrected chi connectivity index (χ4v) is 2.00. The SMILES string of the molecule is CCCCCC.CCCCCC.CCCCCC.CCCCCC.O. The van der Waals surface area contributed by atoms with Gasteiger partial charge in [-0.1, -0.05) is 158 Å². The van der Waals surface area contributed by atoms with Crippen molar-refractivity contribution in [1.29, 1.82) is 0 Å². The minimum atomic E-state index is 0. The van der Waals surface area contributed by atoms with Crippen LogP contribution < -0.4 is 0 Å². The second-order valence-corrected chi connectivity index (χ2v) is 6.83. The third kappa shape index (κ3) is 80.8. The normalized spacial score (nSPS) is 8.64. The van der Waals surface area contributed by atoms with Gasteiger partial charge in [0, 0.05) is 0 Å². The summed E-state index contributed by atoms with van der Waals surface area (Å²) in [4.78, 5) is 0. The van der Waals surface area contributed by atoms with Crippen LogP contribution in [0.1, 0.15) is 158 Å². The van der Waals surface area contributed by atoms with Crippen LogP contribution in [0.4, 0.5) is 0 Å². The predicted molar refractivity (Wildman–Crippen MR) is 123 cm³/mol. The number of unbranched alkanes of at least 4 members (excludes halogenated alkanes) is 12. The van der Waals surface area contributed by atoms with E-state index in [0.717, 1.165) is 0 Å². The molecule has 0 amide bonds. The number of hydrogen-bond acceptors (Lipinski definition) is 0. The predicted octanol–water partition coefficient (Wildman–Crippen LogP) is 9.52. The van der Waals surface area contributed by atoms with Crippen LogP contribution in [0.25, 0.3) is 0 Å². The van der Waals surface area contributed by atoms with Crippen LogP contribution in [0.3, 0.4) is 0 Å². The Morgan fingerprint density at radius 3 is 0.360 bits per heavy atom. The Morgan fingerprint density at radius 1 is 0.240 bits per heavy atom. The maximum absolute atomic E-state index is 2.23. The van der Waals surface area contributed by atoms with Crippen LogP contribution >= 0.6 is 0 Å². The van der Waals surface area contributed by atoms with Gasteiger partial charge in [0.15, 0.2) is 0 Å².